The van der Waals surface area contributed by atoms with Gasteiger partial charge in [-0.15, -0.1) is 0 Å². The highest BCUT2D eigenvalue weighted by atomic mass is 16.1. The summed E-state index contributed by atoms with van der Waals surface area (Å²) in [5, 5.41) is 0. The molecule has 1 N–H and O–H groups in total. The van der Waals surface area contributed by atoms with Crippen LogP contribution in [0.15, 0.2) is 108 Å². The summed E-state index contributed by atoms with van der Waals surface area (Å²) in [6.45, 7) is 5.90. The number of benzene rings is 1. The Morgan fingerprint density at radius 1 is 1.03 bits per heavy atom. The summed E-state index contributed by atoms with van der Waals surface area (Å²) in [5.41, 5.74) is 4.51. The molecule has 4 nitrogen and oxygen atoms in total. The molecule has 1 atom stereocenters. The van der Waals surface area contributed by atoms with Gasteiger partial charge in [0, 0.05) is 41.2 Å². The average Bonchev–Trinajstić information content (AvgIpc) is 2.78. The van der Waals surface area contributed by atoms with E-state index in [9.17, 15) is 9.59 Å². The number of fused-ring (bicyclic) bond motifs is 1. The van der Waals surface area contributed by atoms with E-state index in [0.717, 1.165) is 22.3 Å². The Hall–Kier alpha value is -3.79. The molecule has 4 rings (SSSR count). The van der Waals surface area contributed by atoms with Crippen molar-refractivity contribution in [2.24, 2.45) is 0 Å². The Kier molecular flexibility index (Phi) is 5.63. The quantitative estimate of drug-likeness (QED) is 0.640. The second kappa shape index (κ2) is 8.52. The number of carbonyl (C=O) groups is 1. The van der Waals surface area contributed by atoms with Crippen LogP contribution in [0.1, 0.15) is 34.0 Å². The van der Waals surface area contributed by atoms with Crippen LogP contribution in [0.2, 0.25) is 0 Å². The van der Waals surface area contributed by atoms with Crippen molar-refractivity contribution in [3.63, 3.8) is 0 Å². The minimum atomic E-state index is -0.546. The number of ketones is 1. The molecule has 31 heavy (non-hydrogen) atoms. The lowest BCUT2D eigenvalue weighted by molar-refractivity contribution is 0.102. The molecule has 1 unspecified atom stereocenters. The van der Waals surface area contributed by atoms with Gasteiger partial charge >= 0.3 is 0 Å². The number of nitrogens with zero attached hydrogens (tertiary/aromatic N) is 1. The van der Waals surface area contributed by atoms with Gasteiger partial charge in [0.15, 0.2) is 5.78 Å². The number of carbonyl (C=O) groups excluding carboxylic acids is 1. The molecule has 0 amide bonds. The van der Waals surface area contributed by atoms with E-state index in [1.165, 1.54) is 0 Å². The van der Waals surface area contributed by atoms with Crippen LogP contribution in [0.25, 0.3) is 0 Å². The summed E-state index contributed by atoms with van der Waals surface area (Å²) in [6.07, 6.45) is 12.1. The van der Waals surface area contributed by atoms with Crippen molar-refractivity contribution in [3.8, 4) is 0 Å². The van der Waals surface area contributed by atoms with E-state index in [2.05, 4.69) is 16.5 Å². The van der Waals surface area contributed by atoms with Gasteiger partial charge in [-0.2, -0.15) is 0 Å². The summed E-state index contributed by atoms with van der Waals surface area (Å²) in [4.78, 5) is 32.3. The third kappa shape index (κ3) is 3.73. The number of H-pyrrole nitrogens is 1. The van der Waals surface area contributed by atoms with Gasteiger partial charge in [0.05, 0.1) is 0 Å². The number of hydrogen-bond acceptors (Lipinski definition) is 3. The van der Waals surface area contributed by atoms with Crippen LogP contribution in [-0.4, -0.2) is 15.8 Å². The van der Waals surface area contributed by atoms with Gasteiger partial charge in [-0.05, 0) is 60.2 Å². The van der Waals surface area contributed by atoms with Gasteiger partial charge in [0.2, 0.25) is 5.56 Å². The van der Waals surface area contributed by atoms with Crippen molar-refractivity contribution in [3.05, 3.63) is 136 Å². The van der Waals surface area contributed by atoms with Crippen LogP contribution in [0.5, 0.6) is 0 Å². The molecule has 2 aromatic heterocycles. The van der Waals surface area contributed by atoms with Crippen molar-refractivity contribution in [1.82, 2.24) is 9.97 Å². The highest BCUT2D eigenvalue weighted by Crippen LogP contribution is 2.46. The van der Waals surface area contributed by atoms with Gasteiger partial charge < -0.3 is 4.98 Å². The predicted octanol–water partition coefficient (Wildman–Crippen LogP) is 4.75. The number of allylic oxidation sites excluding steroid dienone is 5. The van der Waals surface area contributed by atoms with Crippen molar-refractivity contribution >= 4 is 5.78 Å². The van der Waals surface area contributed by atoms with Gasteiger partial charge in [0.1, 0.15) is 0 Å². The van der Waals surface area contributed by atoms with E-state index in [-0.39, 0.29) is 11.3 Å². The first-order valence-electron chi connectivity index (χ1n) is 10.3. The zero-order valence-corrected chi connectivity index (χ0v) is 17.5. The topological polar surface area (TPSA) is 62.8 Å². The molecule has 0 fully saturated rings. The molecule has 0 radical (unpaired) electrons. The van der Waals surface area contributed by atoms with Crippen LogP contribution in [0.4, 0.5) is 0 Å². The third-order valence-corrected chi connectivity index (χ3v) is 5.88. The number of aromatic amines is 1. The number of pyridine rings is 2. The Morgan fingerprint density at radius 3 is 2.48 bits per heavy atom. The smallest absolute Gasteiger partial charge is 0.248 e. The SMILES string of the molecule is C=CC1=C(/C=C\C)C(Cc2ccncc2)(Cc2cc[nH]c(=O)c2)c2ccccc2C1=O. The monoisotopic (exact) mass is 408 g/mol. The zero-order chi connectivity index (χ0) is 21.8. The van der Waals surface area contributed by atoms with Crippen LogP contribution in [0, 0.1) is 0 Å². The fourth-order valence-corrected chi connectivity index (χ4v) is 4.63. The molecular formula is C27H24N2O2. The first-order chi connectivity index (χ1) is 15.1. The zero-order valence-electron chi connectivity index (χ0n) is 17.5. The average molecular weight is 409 g/mol. The maximum Gasteiger partial charge on any atom is 0.248 e. The number of hydrogen-bond donors (Lipinski definition) is 1. The van der Waals surface area contributed by atoms with E-state index in [0.29, 0.717) is 24.0 Å². The molecule has 0 saturated heterocycles. The minimum absolute atomic E-state index is 0.0186. The molecule has 0 aliphatic heterocycles. The molecular weight excluding hydrogens is 384 g/mol. The molecule has 0 bridgehead atoms. The summed E-state index contributed by atoms with van der Waals surface area (Å²) in [7, 11) is 0. The van der Waals surface area contributed by atoms with Crippen LogP contribution in [0.3, 0.4) is 0 Å². The van der Waals surface area contributed by atoms with Crippen molar-refractivity contribution < 1.29 is 4.79 Å². The normalized spacial score (nSPS) is 18.3. The molecule has 3 aromatic rings. The number of Topliss-reactive ketones (excluding diaryl/α,β-unsaturated/α-hetero) is 1. The summed E-state index contributed by atoms with van der Waals surface area (Å²) < 4.78 is 0. The first kappa shape index (κ1) is 20.5. The lowest BCUT2D eigenvalue weighted by Crippen LogP contribution is -2.40. The Balaban J connectivity index is 2.05. The van der Waals surface area contributed by atoms with E-state index < -0.39 is 5.41 Å². The molecule has 1 aliphatic rings. The van der Waals surface area contributed by atoms with Gasteiger partial charge in [-0.1, -0.05) is 49.1 Å². The third-order valence-electron chi connectivity index (χ3n) is 5.88. The van der Waals surface area contributed by atoms with E-state index >= 15 is 0 Å². The van der Waals surface area contributed by atoms with E-state index in [1.807, 2.05) is 61.5 Å². The number of aromatic nitrogens is 2. The lowest BCUT2D eigenvalue weighted by Gasteiger charge is -2.41. The number of rotatable bonds is 6. The Morgan fingerprint density at radius 2 is 1.77 bits per heavy atom. The molecule has 1 aliphatic carbocycles. The molecule has 0 spiro atoms. The molecule has 1 aromatic carbocycles. The van der Waals surface area contributed by atoms with Crippen molar-refractivity contribution in [1.29, 1.82) is 0 Å². The predicted molar refractivity (Wildman–Crippen MR) is 123 cm³/mol. The summed E-state index contributed by atoms with van der Waals surface area (Å²) in [5.74, 6) is -0.0186. The van der Waals surface area contributed by atoms with Crippen molar-refractivity contribution in [2.45, 2.75) is 25.2 Å². The van der Waals surface area contributed by atoms with E-state index in [1.54, 1.807) is 30.7 Å². The molecule has 2 heterocycles. The van der Waals surface area contributed by atoms with Crippen molar-refractivity contribution in [2.75, 3.05) is 0 Å². The Bertz CT molecular complexity index is 1250. The fraction of sp³-hybridized carbons (Fsp3) is 0.148. The first-order valence-corrected chi connectivity index (χ1v) is 10.3. The second-order valence-electron chi connectivity index (χ2n) is 7.76. The summed E-state index contributed by atoms with van der Waals surface area (Å²) >= 11 is 0. The molecule has 154 valence electrons. The molecule has 0 saturated carbocycles. The highest BCUT2D eigenvalue weighted by molar-refractivity contribution is 6.14. The highest BCUT2D eigenvalue weighted by Gasteiger charge is 2.43. The van der Waals surface area contributed by atoms with Crippen LogP contribution >= 0.6 is 0 Å². The lowest BCUT2D eigenvalue weighted by atomic mass is 9.60. The van der Waals surface area contributed by atoms with Gasteiger partial charge in [-0.3, -0.25) is 14.6 Å². The maximum absolute atomic E-state index is 13.4. The largest absolute Gasteiger partial charge is 0.329 e. The fourth-order valence-electron chi connectivity index (χ4n) is 4.63. The van der Waals surface area contributed by atoms with Crippen LogP contribution in [-0.2, 0) is 18.3 Å². The summed E-state index contributed by atoms with van der Waals surface area (Å²) in [6, 6.07) is 15.3. The maximum atomic E-state index is 13.4. The van der Waals surface area contributed by atoms with Gasteiger partial charge in [0.25, 0.3) is 0 Å². The minimum Gasteiger partial charge on any atom is -0.329 e. The Labute approximate surface area is 181 Å². The standard InChI is InChI=1S/C27H24N2O2/c1-3-7-23-21(4-2)26(31)22-8-5-6-9-24(22)27(23,17-19-10-13-28-14-11-19)18-20-12-15-29-25(30)16-20/h3-16H,2,17-18H2,1H3,(H,29,30)/b7-3-. The number of nitrogens with one attached hydrogen (secondary N) is 1. The van der Waals surface area contributed by atoms with E-state index in [4.69, 9.17) is 0 Å². The molecule has 4 heteroatoms. The second-order valence-corrected chi connectivity index (χ2v) is 7.76. The van der Waals surface area contributed by atoms with Gasteiger partial charge in [-0.25, -0.2) is 0 Å². The van der Waals surface area contributed by atoms with Crippen LogP contribution < -0.4 is 5.56 Å².